The summed E-state index contributed by atoms with van der Waals surface area (Å²) in [6.07, 6.45) is 0.901. The van der Waals surface area contributed by atoms with Gasteiger partial charge in [0.2, 0.25) is 5.91 Å². The Morgan fingerprint density at radius 2 is 2.21 bits per heavy atom. The van der Waals surface area contributed by atoms with E-state index in [1.807, 2.05) is 13.1 Å². The van der Waals surface area contributed by atoms with E-state index >= 15 is 0 Å². The lowest BCUT2D eigenvalue weighted by Crippen LogP contribution is -2.37. The number of rotatable bonds is 3. The molecule has 1 aromatic heterocycles. The summed E-state index contributed by atoms with van der Waals surface area (Å²) in [5.41, 5.74) is 5.49. The largest absolute Gasteiger partial charge is 0.364 e. The summed E-state index contributed by atoms with van der Waals surface area (Å²) >= 11 is 0. The van der Waals surface area contributed by atoms with Crippen LogP contribution in [-0.2, 0) is 4.79 Å². The molecule has 1 atom stereocenters. The van der Waals surface area contributed by atoms with Crippen LogP contribution >= 0.6 is 0 Å². The van der Waals surface area contributed by atoms with Crippen molar-refractivity contribution >= 4 is 17.6 Å². The topological polar surface area (TPSA) is 79.5 Å². The zero-order valence-electron chi connectivity index (χ0n) is 11.2. The van der Waals surface area contributed by atoms with E-state index in [9.17, 15) is 9.59 Å². The van der Waals surface area contributed by atoms with Crippen molar-refractivity contribution < 1.29 is 9.59 Å². The molecule has 1 aliphatic rings. The molecular weight excluding hydrogens is 244 g/mol. The quantitative estimate of drug-likeness (QED) is 0.846. The van der Waals surface area contributed by atoms with Gasteiger partial charge in [-0.25, -0.2) is 4.98 Å². The van der Waals surface area contributed by atoms with E-state index in [-0.39, 0.29) is 17.6 Å². The summed E-state index contributed by atoms with van der Waals surface area (Å²) in [5, 5.41) is 0. The highest BCUT2D eigenvalue weighted by atomic mass is 16.2. The van der Waals surface area contributed by atoms with Gasteiger partial charge in [-0.1, -0.05) is 6.07 Å². The van der Waals surface area contributed by atoms with E-state index in [1.165, 1.54) is 0 Å². The van der Waals surface area contributed by atoms with Gasteiger partial charge in [-0.15, -0.1) is 0 Å². The van der Waals surface area contributed by atoms with Gasteiger partial charge in [0.15, 0.2) is 0 Å². The standard InChI is InChI=1S/C13H18N4O2/c1-9(18)16(2)10-6-7-17(8-10)12-5-3-4-11(15-12)13(14)19/h3-5,10H,6-8H2,1-2H3,(H2,14,19). The van der Waals surface area contributed by atoms with Gasteiger partial charge >= 0.3 is 0 Å². The molecular formula is C13H18N4O2. The Balaban J connectivity index is 2.10. The molecule has 6 nitrogen and oxygen atoms in total. The predicted molar refractivity (Wildman–Crippen MR) is 71.8 cm³/mol. The Morgan fingerprint density at radius 1 is 1.47 bits per heavy atom. The first-order chi connectivity index (χ1) is 8.99. The average Bonchev–Trinajstić information content (AvgIpc) is 2.87. The van der Waals surface area contributed by atoms with E-state index in [0.717, 1.165) is 25.3 Å². The Hall–Kier alpha value is -2.11. The smallest absolute Gasteiger partial charge is 0.267 e. The maximum Gasteiger partial charge on any atom is 0.267 e. The van der Waals surface area contributed by atoms with E-state index in [0.29, 0.717) is 0 Å². The van der Waals surface area contributed by atoms with Crippen LogP contribution in [0.15, 0.2) is 18.2 Å². The molecule has 1 aliphatic heterocycles. The maximum atomic E-state index is 11.3. The lowest BCUT2D eigenvalue weighted by molar-refractivity contribution is -0.129. The molecule has 102 valence electrons. The highest BCUT2D eigenvalue weighted by molar-refractivity contribution is 5.91. The number of aromatic nitrogens is 1. The lowest BCUT2D eigenvalue weighted by atomic mass is 10.2. The second-order valence-corrected chi connectivity index (χ2v) is 4.76. The van der Waals surface area contributed by atoms with E-state index in [4.69, 9.17) is 5.73 Å². The summed E-state index contributed by atoms with van der Waals surface area (Å²) in [6.45, 7) is 3.11. The number of nitrogens with two attached hydrogens (primary N) is 1. The number of carbonyl (C=O) groups excluding carboxylic acids is 2. The Labute approximate surface area is 112 Å². The molecule has 1 fully saturated rings. The first-order valence-corrected chi connectivity index (χ1v) is 6.24. The van der Waals surface area contributed by atoms with Crippen LogP contribution in [0.25, 0.3) is 0 Å². The third kappa shape index (κ3) is 2.83. The maximum absolute atomic E-state index is 11.3. The van der Waals surface area contributed by atoms with Crippen LogP contribution in [0.2, 0.25) is 0 Å². The number of pyridine rings is 1. The van der Waals surface area contributed by atoms with Crippen molar-refractivity contribution in [3.05, 3.63) is 23.9 Å². The van der Waals surface area contributed by atoms with E-state index < -0.39 is 5.91 Å². The highest BCUT2D eigenvalue weighted by Gasteiger charge is 2.27. The minimum atomic E-state index is -0.529. The van der Waals surface area contributed by atoms with E-state index in [2.05, 4.69) is 9.88 Å². The summed E-state index contributed by atoms with van der Waals surface area (Å²) < 4.78 is 0. The van der Waals surface area contributed by atoms with Crippen LogP contribution in [-0.4, -0.2) is 47.9 Å². The first-order valence-electron chi connectivity index (χ1n) is 6.24. The molecule has 6 heteroatoms. The van der Waals surface area contributed by atoms with Crippen molar-refractivity contribution in [1.29, 1.82) is 0 Å². The van der Waals surface area contributed by atoms with Crippen molar-refractivity contribution in [2.75, 3.05) is 25.0 Å². The number of carbonyl (C=O) groups is 2. The number of amides is 2. The van der Waals surface area contributed by atoms with Gasteiger partial charge in [0.05, 0.1) is 6.04 Å². The molecule has 0 bridgehead atoms. The predicted octanol–water partition coefficient (Wildman–Crippen LogP) is 0.238. The van der Waals surface area contributed by atoms with Gasteiger partial charge in [0, 0.05) is 27.1 Å². The van der Waals surface area contributed by atoms with Gasteiger partial charge in [-0.2, -0.15) is 0 Å². The number of hydrogen-bond donors (Lipinski definition) is 1. The fourth-order valence-electron chi connectivity index (χ4n) is 2.26. The number of hydrogen-bond acceptors (Lipinski definition) is 4. The fourth-order valence-corrected chi connectivity index (χ4v) is 2.26. The first kappa shape index (κ1) is 13.3. The van der Waals surface area contributed by atoms with Crippen LogP contribution in [0.4, 0.5) is 5.82 Å². The van der Waals surface area contributed by atoms with Crippen molar-refractivity contribution in [2.24, 2.45) is 5.73 Å². The molecule has 2 rings (SSSR count). The van der Waals surface area contributed by atoms with Crippen LogP contribution < -0.4 is 10.6 Å². The molecule has 0 spiro atoms. The fraction of sp³-hybridized carbons (Fsp3) is 0.462. The molecule has 2 heterocycles. The summed E-state index contributed by atoms with van der Waals surface area (Å²) in [5.74, 6) is 0.264. The zero-order valence-corrected chi connectivity index (χ0v) is 11.2. The van der Waals surface area contributed by atoms with Crippen molar-refractivity contribution in [2.45, 2.75) is 19.4 Å². The highest BCUT2D eigenvalue weighted by Crippen LogP contribution is 2.21. The van der Waals surface area contributed by atoms with Crippen molar-refractivity contribution in [3.8, 4) is 0 Å². The molecule has 2 N–H and O–H groups in total. The minimum Gasteiger partial charge on any atom is -0.364 e. The third-order valence-corrected chi connectivity index (χ3v) is 3.52. The molecule has 0 aromatic carbocycles. The van der Waals surface area contributed by atoms with Crippen LogP contribution in [0, 0.1) is 0 Å². The number of likely N-dealkylation sites (N-methyl/N-ethyl adjacent to an activating group) is 1. The van der Waals surface area contributed by atoms with Crippen LogP contribution in [0.5, 0.6) is 0 Å². The monoisotopic (exact) mass is 262 g/mol. The van der Waals surface area contributed by atoms with Gasteiger partial charge < -0.3 is 15.5 Å². The molecule has 19 heavy (non-hydrogen) atoms. The molecule has 2 amide bonds. The van der Waals surface area contributed by atoms with Gasteiger partial charge in [-0.05, 0) is 18.6 Å². The lowest BCUT2D eigenvalue weighted by Gasteiger charge is -2.24. The SMILES string of the molecule is CC(=O)N(C)C1CCN(c2cccc(C(N)=O)n2)C1. The molecule has 0 radical (unpaired) electrons. The van der Waals surface area contributed by atoms with E-state index in [1.54, 1.807) is 24.0 Å². The van der Waals surface area contributed by atoms with Gasteiger partial charge in [-0.3, -0.25) is 9.59 Å². The number of nitrogens with zero attached hydrogens (tertiary/aromatic N) is 3. The van der Waals surface area contributed by atoms with Crippen LogP contribution in [0.1, 0.15) is 23.8 Å². The van der Waals surface area contributed by atoms with Gasteiger partial charge in [0.1, 0.15) is 11.5 Å². The Kier molecular flexibility index (Phi) is 3.69. The number of anilines is 1. The summed E-state index contributed by atoms with van der Waals surface area (Å²) in [6, 6.07) is 5.41. The zero-order chi connectivity index (χ0) is 14.0. The third-order valence-electron chi connectivity index (χ3n) is 3.52. The van der Waals surface area contributed by atoms with Crippen molar-refractivity contribution in [3.63, 3.8) is 0 Å². The van der Waals surface area contributed by atoms with Gasteiger partial charge in [0.25, 0.3) is 5.91 Å². The molecule has 1 saturated heterocycles. The number of primary amides is 1. The van der Waals surface area contributed by atoms with Crippen molar-refractivity contribution in [1.82, 2.24) is 9.88 Å². The average molecular weight is 262 g/mol. The normalized spacial score (nSPS) is 18.4. The molecule has 1 aromatic rings. The Bertz CT molecular complexity index is 503. The second kappa shape index (κ2) is 5.26. The molecule has 0 aliphatic carbocycles. The van der Waals surface area contributed by atoms with Crippen LogP contribution in [0.3, 0.4) is 0 Å². The minimum absolute atomic E-state index is 0.0608. The molecule has 0 saturated carbocycles. The summed E-state index contributed by atoms with van der Waals surface area (Å²) in [7, 11) is 1.81. The second-order valence-electron chi connectivity index (χ2n) is 4.76. The summed E-state index contributed by atoms with van der Waals surface area (Å²) in [4.78, 5) is 30.5. The molecule has 1 unspecified atom stereocenters. The Morgan fingerprint density at radius 3 is 2.84 bits per heavy atom.